The van der Waals surface area contributed by atoms with Gasteiger partial charge in [0.15, 0.2) is 0 Å². The quantitative estimate of drug-likeness (QED) is 0.125. The molecule has 3 aliphatic heterocycles. The standard InChI is InChI=1S/C15H19BClNO3.C12H24B2O4.C9H7BrClNO.C6H5BrClN/c1-6-13(19)18-12-9-10(7-8-11(12)17)16-20-14(2,3)15(4,5)21-16;1-9(2)10(3,4)16-13(15-9)14-17-11(5,6)12(7,8)18-14;1-2-9(13)12-8-5-6(10)3-4-7(8)11;7-4-1-2-5(8)6(9)3-4/h6-9H,1H2,2-5H3,(H,18,19);1-8H3;2-5H,1H2,(H,12,13);1-3H,9H2. The van der Waals surface area contributed by atoms with Crippen LogP contribution in [0.5, 0.6) is 0 Å². The van der Waals surface area contributed by atoms with Crippen LogP contribution in [0.2, 0.25) is 15.1 Å². The molecule has 0 unspecified atom stereocenters. The monoisotopic (exact) mass is 1030 g/mol. The molecule has 0 aliphatic carbocycles. The first-order valence-corrected chi connectivity index (χ1v) is 22.0. The van der Waals surface area contributed by atoms with E-state index in [1.807, 2.05) is 95.2 Å². The summed E-state index contributed by atoms with van der Waals surface area (Å²) in [7, 11) is -1.45. The zero-order valence-corrected chi connectivity index (χ0v) is 42.2. The van der Waals surface area contributed by atoms with Crippen LogP contribution in [0.25, 0.3) is 0 Å². The molecule has 3 saturated heterocycles. The lowest BCUT2D eigenvalue weighted by Crippen LogP contribution is -2.41. The molecule has 4 N–H and O–H groups in total. The Hall–Kier alpha value is -2.34. The number of amides is 2. The van der Waals surface area contributed by atoms with Gasteiger partial charge < -0.3 is 44.3 Å². The summed E-state index contributed by atoms with van der Waals surface area (Å²) in [6, 6.07) is 15.9. The normalized spacial score (nSPS) is 19.5. The lowest BCUT2D eigenvalue weighted by Gasteiger charge is -2.32. The van der Waals surface area contributed by atoms with Crippen molar-refractivity contribution >= 4 is 122 Å². The average molecular weight is 1030 g/mol. The van der Waals surface area contributed by atoms with Crippen LogP contribution >= 0.6 is 66.7 Å². The summed E-state index contributed by atoms with van der Waals surface area (Å²) >= 11 is 24.1. The topological polar surface area (TPSA) is 140 Å². The molecule has 3 heterocycles. The number of nitrogens with two attached hydrogens (primary N) is 1. The van der Waals surface area contributed by atoms with Gasteiger partial charge in [0.25, 0.3) is 0 Å². The van der Waals surface area contributed by atoms with Crippen LogP contribution < -0.4 is 21.8 Å². The molecule has 0 aromatic heterocycles. The molecule has 0 bridgehead atoms. The Bertz CT molecular complexity index is 2010. The molecular formula is C42H55B3Br2Cl3N3O8. The zero-order valence-electron chi connectivity index (χ0n) is 36.7. The van der Waals surface area contributed by atoms with Crippen molar-refractivity contribution in [1.29, 1.82) is 0 Å². The van der Waals surface area contributed by atoms with Crippen LogP contribution in [0.4, 0.5) is 17.1 Å². The predicted octanol–water partition coefficient (Wildman–Crippen LogP) is 10.9. The minimum absolute atomic E-state index is 0.278. The van der Waals surface area contributed by atoms with Gasteiger partial charge in [0.2, 0.25) is 11.8 Å². The highest BCUT2D eigenvalue weighted by Crippen LogP contribution is 2.43. The number of anilines is 3. The van der Waals surface area contributed by atoms with Gasteiger partial charge >= 0.3 is 21.1 Å². The fourth-order valence-electron chi connectivity index (χ4n) is 5.24. The molecule has 3 fully saturated rings. The van der Waals surface area contributed by atoms with Crippen molar-refractivity contribution in [1.82, 2.24) is 0 Å². The molecule has 0 saturated carbocycles. The predicted molar refractivity (Wildman–Crippen MR) is 260 cm³/mol. The van der Waals surface area contributed by atoms with E-state index in [1.54, 1.807) is 42.5 Å². The van der Waals surface area contributed by atoms with Gasteiger partial charge in [0.05, 0.1) is 65.7 Å². The Morgan fingerprint density at radius 2 is 0.885 bits per heavy atom. The van der Waals surface area contributed by atoms with E-state index in [4.69, 9.17) is 68.5 Å². The first-order chi connectivity index (χ1) is 27.9. The summed E-state index contributed by atoms with van der Waals surface area (Å²) in [5.41, 5.74) is 5.67. The molecule has 3 aliphatic rings. The lowest BCUT2D eigenvalue weighted by molar-refractivity contribution is -0.112. The molecule has 3 aromatic carbocycles. The summed E-state index contributed by atoms with van der Waals surface area (Å²) in [5, 5.41) is 6.79. The molecule has 0 radical (unpaired) electrons. The summed E-state index contributed by atoms with van der Waals surface area (Å²) < 4.78 is 37.6. The molecule has 11 nitrogen and oxygen atoms in total. The molecule has 0 atom stereocenters. The molecule has 330 valence electrons. The van der Waals surface area contributed by atoms with Gasteiger partial charge in [-0.3, -0.25) is 9.59 Å². The molecule has 6 rings (SSSR count). The van der Waals surface area contributed by atoms with Crippen LogP contribution in [0.1, 0.15) is 83.1 Å². The maximum atomic E-state index is 11.4. The highest BCUT2D eigenvalue weighted by molar-refractivity contribution is 9.10. The number of halogens is 5. The molecule has 0 spiro atoms. The second-order valence-corrected chi connectivity index (χ2v) is 20.3. The largest absolute Gasteiger partial charge is 0.494 e. The smallest absolute Gasteiger partial charge is 0.405 e. The van der Waals surface area contributed by atoms with Crippen molar-refractivity contribution < 1.29 is 37.5 Å². The van der Waals surface area contributed by atoms with Crippen LogP contribution in [-0.2, 0) is 37.5 Å². The van der Waals surface area contributed by atoms with E-state index in [2.05, 4.69) is 55.7 Å². The molecule has 19 heteroatoms. The molecule has 61 heavy (non-hydrogen) atoms. The van der Waals surface area contributed by atoms with Gasteiger partial charge in [0.1, 0.15) is 0 Å². The summed E-state index contributed by atoms with van der Waals surface area (Å²) in [6.45, 7) is 30.9. The number of nitrogen functional groups attached to an aromatic ring is 1. The Morgan fingerprint density at radius 3 is 1.25 bits per heavy atom. The van der Waals surface area contributed by atoms with E-state index < -0.39 is 32.3 Å². The number of carbonyl (C=O) groups excluding carboxylic acids is 2. The van der Waals surface area contributed by atoms with Crippen molar-refractivity contribution in [3.05, 3.63) is 104 Å². The van der Waals surface area contributed by atoms with Crippen LogP contribution in [0, 0.1) is 0 Å². The fraction of sp³-hybridized carbons (Fsp3) is 0.429. The molecule has 2 amide bonds. The SMILES string of the molecule is C=CC(=O)Nc1cc(B2OC(C)(C)C(C)(C)O2)ccc1Cl.C=CC(=O)Nc1cc(Br)ccc1Cl.CC1(C)OB(B2OC(C)(C)C(C)(C)O2)OC1(C)C.Nc1cc(Br)ccc1Cl. The van der Waals surface area contributed by atoms with Gasteiger partial charge in [-0.05, 0) is 149 Å². The van der Waals surface area contributed by atoms with E-state index >= 15 is 0 Å². The maximum absolute atomic E-state index is 11.4. The first-order valence-electron chi connectivity index (χ1n) is 19.3. The number of nitrogens with one attached hydrogen (secondary N) is 2. The van der Waals surface area contributed by atoms with Crippen molar-refractivity contribution in [3.63, 3.8) is 0 Å². The summed E-state index contributed by atoms with van der Waals surface area (Å²) in [4.78, 5) is 22.4. The maximum Gasteiger partial charge on any atom is 0.494 e. The third-order valence-corrected chi connectivity index (χ3v) is 13.0. The van der Waals surface area contributed by atoms with E-state index in [9.17, 15) is 9.59 Å². The Balaban J connectivity index is 0.000000226. The van der Waals surface area contributed by atoms with Crippen LogP contribution in [0.15, 0.2) is 88.9 Å². The van der Waals surface area contributed by atoms with Crippen molar-refractivity contribution in [3.8, 4) is 0 Å². The number of carbonyl (C=O) groups is 2. The van der Waals surface area contributed by atoms with E-state index in [0.29, 0.717) is 32.1 Å². The number of rotatable bonds is 6. The van der Waals surface area contributed by atoms with Crippen molar-refractivity contribution in [2.24, 2.45) is 0 Å². The van der Waals surface area contributed by atoms with Gasteiger partial charge in [-0.25, -0.2) is 0 Å². The Morgan fingerprint density at radius 1 is 0.557 bits per heavy atom. The van der Waals surface area contributed by atoms with Gasteiger partial charge in [-0.15, -0.1) is 0 Å². The van der Waals surface area contributed by atoms with E-state index in [1.165, 1.54) is 12.2 Å². The first kappa shape index (κ1) is 53.0. The highest BCUT2D eigenvalue weighted by Gasteiger charge is 2.63. The third kappa shape index (κ3) is 13.8. The average Bonchev–Trinajstić information content (AvgIpc) is 3.62. The number of hydrogen-bond donors (Lipinski definition) is 3. The van der Waals surface area contributed by atoms with Crippen molar-refractivity contribution in [2.45, 2.75) is 117 Å². The fourth-order valence-corrected chi connectivity index (χ4v) is 6.43. The molecule has 3 aromatic rings. The summed E-state index contributed by atoms with van der Waals surface area (Å²) in [6.07, 6.45) is 2.38. The Labute approximate surface area is 394 Å². The van der Waals surface area contributed by atoms with Crippen molar-refractivity contribution in [2.75, 3.05) is 16.4 Å². The van der Waals surface area contributed by atoms with Gasteiger partial charge in [-0.2, -0.15) is 0 Å². The zero-order chi connectivity index (χ0) is 46.5. The minimum Gasteiger partial charge on any atom is -0.405 e. The molecular weight excluding hydrogens is 973 g/mol. The van der Waals surface area contributed by atoms with Gasteiger partial charge in [-0.1, -0.05) is 85.9 Å². The highest BCUT2D eigenvalue weighted by atomic mass is 79.9. The number of benzene rings is 3. The second kappa shape index (κ2) is 20.7. The van der Waals surface area contributed by atoms with E-state index in [-0.39, 0.29) is 34.2 Å². The lowest BCUT2D eigenvalue weighted by atomic mass is 9.49. The third-order valence-electron chi connectivity index (χ3n) is 11.1. The van der Waals surface area contributed by atoms with Crippen LogP contribution in [-0.4, -0.2) is 66.6 Å². The summed E-state index contributed by atoms with van der Waals surface area (Å²) in [5.74, 6) is -0.594. The Kier molecular flexibility index (Phi) is 18.0. The minimum atomic E-state index is -0.494. The van der Waals surface area contributed by atoms with Crippen LogP contribution in [0.3, 0.4) is 0 Å². The van der Waals surface area contributed by atoms with Gasteiger partial charge in [0, 0.05) is 8.95 Å². The number of hydrogen-bond acceptors (Lipinski definition) is 9. The van der Waals surface area contributed by atoms with E-state index in [0.717, 1.165) is 14.4 Å². The second-order valence-electron chi connectivity index (χ2n) is 17.3.